The third-order valence-electron chi connectivity index (χ3n) is 4.97. The Morgan fingerprint density at radius 2 is 1.93 bits per heavy atom. The molecule has 0 saturated carbocycles. The Morgan fingerprint density at radius 1 is 1.14 bits per heavy atom. The molecule has 7 heteroatoms. The van der Waals surface area contributed by atoms with Crippen molar-refractivity contribution in [3.05, 3.63) is 78.5 Å². The highest BCUT2D eigenvalue weighted by Gasteiger charge is 2.12. The summed E-state index contributed by atoms with van der Waals surface area (Å²) in [5.41, 5.74) is 5.24. The molecular weight excluding hydrogens is 404 g/mol. The lowest BCUT2D eigenvalue weighted by molar-refractivity contribution is 0.559. The summed E-state index contributed by atoms with van der Waals surface area (Å²) in [6.45, 7) is 8.27. The Kier molecular flexibility index (Phi) is 5.36. The van der Waals surface area contributed by atoms with E-state index in [1.54, 1.807) is 28.3 Å². The number of thiazole rings is 1. The number of aryl methyl sites for hydroxylation is 2. The minimum atomic E-state index is -0.336. The average Bonchev–Trinajstić information content (AvgIpc) is 3.02. The fourth-order valence-corrected chi connectivity index (χ4v) is 5.38. The van der Waals surface area contributed by atoms with E-state index in [4.69, 9.17) is 4.42 Å². The largest absolute Gasteiger partial charge is 0.423 e. The number of fused-ring (bicyclic) bond motifs is 2. The highest BCUT2D eigenvalue weighted by Crippen LogP contribution is 2.29. The Morgan fingerprint density at radius 3 is 2.69 bits per heavy atom. The molecule has 0 aliphatic rings. The molecule has 4 aromatic rings. The molecule has 0 atom stereocenters. The first-order valence-corrected chi connectivity index (χ1v) is 11.5. The number of rotatable bonds is 5. The first kappa shape index (κ1) is 19.9. The van der Waals surface area contributed by atoms with Gasteiger partial charge in [0.15, 0.2) is 4.96 Å². The molecule has 3 aromatic heterocycles. The molecule has 150 valence electrons. The number of hydrogen-bond donors (Lipinski definition) is 0. The van der Waals surface area contributed by atoms with Gasteiger partial charge in [0.2, 0.25) is 0 Å². The zero-order valence-electron chi connectivity index (χ0n) is 16.8. The monoisotopic (exact) mass is 426 g/mol. The summed E-state index contributed by atoms with van der Waals surface area (Å²) < 4.78 is 7.06. The van der Waals surface area contributed by atoms with Gasteiger partial charge >= 0.3 is 5.63 Å². The highest BCUT2D eigenvalue weighted by molar-refractivity contribution is 7.97. The molecule has 3 heterocycles. The van der Waals surface area contributed by atoms with Crippen molar-refractivity contribution in [1.82, 2.24) is 9.38 Å². The van der Waals surface area contributed by atoms with Crippen LogP contribution in [0.5, 0.6) is 0 Å². The summed E-state index contributed by atoms with van der Waals surface area (Å²) >= 11 is 3.11. The summed E-state index contributed by atoms with van der Waals surface area (Å²) in [7, 11) is 0. The van der Waals surface area contributed by atoms with Crippen molar-refractivity contribution >= 4 is 39.0 Å². The lowest BCUT2D eigenvalue weighted by atomic mass is 9.95. The van der Waals surface area contributed by atoms with E-state index >= 15 is 0 Å². The van der Waals surface area contributed by atoms with E-state index in [9.17, 15) is 9.59 Å². The van der Waals surface area contributed by atoms with Crippen molar-refractivity contribution in [3.63, 3.8) is 0 Å². The molecule has 0 aliphatic carbocycles. The van der Waals surface area contributed by atoms with Gasteiger partial charge in [-0.3, -0.25) is 9.20 Å². The van der Waals surface area contributed by atoms with Gasteiger partial charge in [0, 0.05) is 40.1 Å². The van der Waals surface area contributed by atoms with Crippen LogP contribution in [0.3, 0.4) is 0 Å². The first-order chi connectivity index (χ1) is 13.8. The van der Waals surface area contributed by atoms with Gasteiger partial charge in [-0.1, -0.05) is 13.8 Å². The van der Waals surface area contributed by atoms with Crippen molar-refractivity contribution < 1.29 is 4.42 Å². The maximum atomic E-state index is 12.3. The van der Waals surface area contributed by atoms with Crippen molar-refractivity contribution in [2.24, 2.45) is 0 Å². The summed E-state index contributed by atoms with van der Waals surface area (Å²) in [4.78, 5) is 29.7. The average molecular weight is 427 g/mol. The smallest absolute Gasteiger partial charge is 0.336 e. The van der Waals surface area contributed by atoms with Crippen molar-refractivity contribution in [1.29, 1.82) is 0 Å². The maximum absolute atomic E-state index is 12.3. The normalized spacial score (nSPS) is 11.8. The van der Waals surface area contributed by atoms with Gasteiger partial charge in [-0.05, 0) is 48.6 Å². The molecule has 0 N–H and O–H groups in total. The van der Waals surface area contributed by atoms with E-state index < -0.39 is 0 Å². The van der Waals surface area contributed by atoms with Crippen molar-refractivity contribution in [2.75, 3.05) is 0 Å². The van der Waals surface area contributed by atoms with Crippen LogP contribution in [0.4, 0.5) is 0 Å². The third-order valence-corrected chi connectivity index (χ3v) is 6.93. The molecule has 0 amide bonds. The second-order valence-electron chi connectivity index (χ2n) is 7.52. The number of hydrogen-bond acceptors (Lipinski definition) is 6. The Labute approximate surface area is 176 Å². The van der Waals surface area contributed by atoms with Gasteiger partial charge in [-0.15, -0.1) is 11.3 Å². The fraction of sp³-hybridized carbons (Fsp3) is 0.318. The Hall–Kier alpha value is -2.38. The van der Waals surface area contributed by atoms with Crippen molar-refractivity contribution in [3.8, 4) is 0 Å². The quantitative estimate of drug-likeness (QED) is 0.419. The zero-order valence-corrected chi connectivity index (χ0v) is 18.4. The van der Waals surface area contributed by atoms with Crippen LogP contribution in [0.1, 0.15) is 47.8 Å². The topological polar surface area (TPSA) is 64.6 Å². The van der Waals surface area contributed by atoms with Crippen LogP contribution in [-0.2, 0) is 11.5 Å². The van der Waals surface area contributed by atoms with Gasteiger partial charge in [0.1, 0.15) is 5.58 Å². The molecule has 5 nitrogen and oxygen atoms in total. The summed E-state index contributed by atoms with van der Waals surface area (Å²) in [6.07, 6.45) is 0. The number of aromatic nitrogens is 2. The maximum Gasteiger partial charge on any atom is 0.336 e. The molecule has 0 fully saturated rings. The second-order valence-corrected chi connectivity index (χ2v) is 9.35. The SMILES string of the molecule is Cc1cc2oc(=O)cc(CSCc3cc(=O)n4c(C)csc4n3)c2cc1C(C)C. The third kappa shape index (κ3) is 3.89. The van der Waals surface area contributed by atoms with E-state index in [1.807, 2.05) is 25.3 Å². The van der Waals surface area contributed by atoms with Gasteiger partial charge in [0.25, 0.3) is 5.56 Å². The predicted molar refractivity (Wildman–Crippen MR) is 120 cm³/mol. The van der Waals surface area contributed by atoms with E-state index in [-0.39, 0.29) is 11.2 Å². The fourth-order valence-electron chi connectivity index (χ4n) is 3.57. The van der Waals surface area contributed by atoms with E-state index in [0.29, 0.717) is 28.0 Å². The summed E-state index contributed by atoms with van der Waals surface area (Å²) in [5.74, 6) is 1.64. The van der Waals surface area contributed by atoms with Gasteiger partial charge < -0.3 is 4.42 Å². The molecule has 0 unspecified atom stereocenters. The first-order valence-electron chi connectivity index (χ1n) is 9.45. The van der Waals surface area contributed by atoms with Gasteiger partial charge in [-0.25, -0.2) is 9.78 Å². The van der Waals surface area contributed by atoms with Crippen LogP contribution in [0.2, 0.25) is 0 Å². The molecule has 4 rings (SSSR count). The lowest BCUT2D eigenvalue weighted by Crippen LogP contribution is -2.14. The Bertz CT molecular complexity index is 1330. The molecule has 0 saturated heterocycles. The van der Waals surface area contributed by atoms with Crippen LogP contribution in [0, 0.1) is 13.8 Å². The summed E-state index contributed by atoms with van der Waals surface area (Å²) in [6, 6.07) is 7.26. The number of thioether (sulfide) groups is 1. The molecule has 0 aliphatic heterocycles. The van der Waals surface area contributed by atoms with E-state index in [2.05, 4.69) is 24.9 Å². The van der Waals surface area contributed by atoms with Crippen LogP contribution < -0.4 is 11.2 Å². The second kappa shape index (κ2) is 7.80. The molecule has 1 aromatic carbocycles. The van der Waals surface area contributed by atoms with E-state index in [0.717, 1.165) is 27.9 Å². The van der Waals surface area contributed by atoms with Gasteiger partial charge in [-0.2, -0.15) is 11.8 Å². The number of nitrogens with zero attached hydrogens (tertiary/aromatic N) is 2. The minimum Gasteiger partial charge on any atom is -0.423 e. The zero-order chi connectivity index (χ0) is 20.7. The Balaban J connectivity index is 1.62. The standard InChI is InChI=1S/C22H22N2O3S2/c1-12(2)17-8-18-15(6-21(26)27-19(18)5-13(17)3)10-28-11-16-7-20(25)24-14(4)9-29-22(24)23-16/h5-9,12H,10-11H2,1-4H3. The highest BCUT2D eigenvalue weighted by atomic mass is 32.2. The van der Waals surface area contributed by atoms with Crippen LogP contribution in [0.15, 0.2) is 43.7 Å². The van der Waals surface area contributed by atoms with Crippen LogP contribution in [-0.4, -0.2) is 9.38 Å². The molecule has 0 radical (unpaired) electrons. The van der Waals surface area contributed by atoms with Crippen LogP contribution >= 0.6 is 23.1 Å². The molecular formula is C22H22N2O3S2. The lowest BCUT2D eigenvalue weighted by Gasteiger charge is -2.13. The summed E-state index contributed by atoms with van der Waals surface area (Å²) in [5, 5.41) is 2.91. The molecule has 29 heavy (non-hydrogen) atoms. The van der Waals surface area contributed by atoms with E-state index in [1.165, 1.54) is 16.9 Å². The van der Waals surface area contributed by atoms with Crippen molar-refractivity contribution in [2.45, 2.75) is 45.1 Å². The van der Waals surface area contributed by atoms with Crippen LogP contribution in [0.25, 0.3) is 15.9 Å². The number of benzene rings is 1. The predicted octanol–water partition coefficient (Wildman–Crippen LogP) is 5.04. The van der Waals surface area contributed by atoms with Gasteiger partial charge in [0.05, 0.1) is 5.69 Å². The molecule has 0 spiro atoms. The molecule has 0 bridgehead atoms. The minimum absolute atomic E-state index is 0.0489.